The topological polar surface area (TPSA) is 78.9 Å². The maximum absolute atomic E-state index is 11.5. The van der Waals surface area contributed by atoms with Gasteiger partial charge in [-0.1, -0.05) is 0 Å². The quantitative estimate of drug-likeness (QED) is 0.772. The van der Waals surface area contributed by atoms with Crippen LogP contribution in [0.4, 0.5) is 0 Å². The van der Waals surface area contributed by atoms with E-state index in [2.05, 4.69) is 4.74 Å². The van der Waals surface area contributed by atoms with Crippen LogP contribution in [-0.2, 0) is 16.1 Å². The largest absolute Gasteiger partial charge is 0.463 e. The molecule has 0 aliphatic carbocycles. The van der Waals surface area contributed by atoms with E-state index in [0.717, 1.165) is 0 Å². The lowest BCUT2D eigenvalue weighted by atomic mass is 10.2. The second-order valence-electron chi connectivity index (χ2n) is 3.32. The fourth-order valence-electron chi connectivity index (χ4n) is 1.33. The molecule has 0 amide bonds. The highest BCUT2D eigenvalue weighted by Crippen LogP contribution is 2.14. The lowest BCUT2D eigenvalue weighted by molar-refractivity contribution is 0.0421. The first-order valence-electron chi connectivity index (χ1n) is 5.07. The standard InChI is InChI=1S/C12H10O6/c1-15-12(14)10-8(4-6-17-10)7-18-11(13)9-3-2-5-16-9/h2-6H,7H2,1H3. The van der Waals surface area contributed by atoms with Gasteiger partial charge in [0.25, 0.3) is 0 Å². The minimum absolute atomic E-state index is 0.0183. The van der Waals surface area contributed by atoms with Crippen LogP contribution < -0.4 is 0 Å². The van der Waals surface area contributed by atoms with Crippen molar-refractivity contribution in [2.24, 2.45) is 0 Å². The highest BCUT2D eigenvalue weighted by atomic mass is 16.5. The highest BCUT2D eigenvalue weighted by molar-refractivity contribution is 5.88. The Labute approximate surface area is 102 Å². The number of hydrogen-bond donors (Lipinski definition) is 0. The first-order valence-corrected chi connectivity index (χ1v) is 5.07. The summed E-state index contributed by atoms with van der Waals surface area (Å²) in [6.45, 7) is -0.0968. The Kier molecular flexibility index (Phi) is 3.47. The van der Waals surface area contributed by atoms with E-state index >= 15 is 0 Å². The zero-order chi connectivity index (χ0) is 13.0. The van der Waals surface area contributed by atoms with Crippen molar-refractivity contribution >= 4 is 11.9 Å². The second kappa shape index (κ2) is 5.22. The number of rotatable bonds is 4. The molecule has 2 rings (SSSR count). The van der Waals surface area contributed by atoms with Crippen molar-refractivity contribution in [3.63, 3.8) is 0 Å². The predicted molar refractivity (Wildman–Crippen MR) is 57.9 cm³/mol. The van der Waals surface area contributed by atoms with Gasteiger partial charge in [0.15, 0.2) is 0 Å². The Morgan fingerprint density at radius 3 is 2.67 bits per heavy atom. The van der Waals surface area contributed by atoms with Crippen molar-refractivity contribution in [2.45, 2.75) is 6.61 Å². The SMILES string of the molecule is COC(=O)c1occc1COC(=O)c1ccco1. The van der Waals surface area contributed by atoms with Gasteiger partial charge in [0.2, 0.25) is 11.5 Å². The third-order valence-electron chi connectivity index (χ3n) is 2.20. The van der Waals surface area contributed by atoms with E-state index in [9.17, 15) is 9.59 Å². The van der Waals surface area contributed by atoms with Crippen molar-refractivity contribution in [1.82, 2.24) is 0 Å². The Balaban J connectivity index is 2.01. The molecule has 0 saturated carbocycles. The molecule has 2 heterocycles. The third-order valence-corrected chi connectivity index (χ3v) is 2.20. The lowest BCUT2D eigenvalue weighted by Crippen LogP contribution is -2.07. The van der Waals surface area contributed by atoms with Crippen LogP contribution in [0.15, 0.2) is 39.6 Å². The molecule has 0 atom stereocenters. The number of methoxy groups -OCH3 is 1. The summed E-state index contributed by atoms with van der Waals surface area (Å²) in [5.74, 6) is -1.12. The average Bonchev–Trinajstić information content (AvgIpc) is 3.05. The molecule has 6 nitrogen and oxygen atoms in total. The van der Waals surface area contributed by atoms with E-state index in [1.807, 2.05) is 0 Å². The normalized spacial score (nSPS) is 10.1. The molecular formula is C12H10O6. The van der Waals surface area contributed by atoms with Crippen LogP contribution in [-0.4, -0.2) is 19.0 Å². The minimum atomic E-state index is -0.621. The number of ether oxygens (including phenoxy) is 2. The number of esters is 2. The molecule has 2 aromatic heterocycles. The maximum atomic E-state index is 11.5. The zero-order valence-corrected chi connectivity index (χ0v) is 9.54. The summed E-state index contributed by atoms with van der Waals surface area (Å²) in [5, 5.41) is 0. The van der Waals surface area contributed by atoms with Gasteiger partial charge in [0, 0.05) is 5.56 Å². The number of carbonyl (C=O) groups excluding carboxylic acids is 2. The van der Waals surface area contributed by atoms with Crippen LogP contribution in [0.2, 0.25) is 0 Å². The molecule has 0 unspecified atom stereocenters. The Hall–Kier alpha value is -2.50. The molecule has 2 aromatic rings. The molecule has 0 fully saturated rings. The fraction of sp³-hybridized carbons (Fsp3) is 0.167. The second-order valence-corrected chi connectivity index (χ2v) is 3.32. The number of hydrogen-bond acceptors (Lipinski definition) is 6. The van der Waals surface area contributed by atoms with Crippen LogP contribution in [0, 0.1) is 0 Å². The predicted octanol–water partition coefficient (Wildman–Crippen LogP) is 2.02. The van der Waals surface area contributed by atoms with Crippen molar-refractivity contribution in [3.05, 3.63) is 47.8 Å². The summed E-state index contributed by atoms with van der Waals surface area (Å²) in [7, 11) is 1.24. The molecule has 0 aromatic carbocycles. The number of furan rings is 2. The molecule has 0 spiro atoms. The van der Waals surface area contributed by atoms with Crippen LogP contribution in [0.5, 0.6) is 0 Å². The van der Waals surface area contributed by atoms with E-state index < -0.39 is 11.9 Å². The van der Waals surface area contributed by atoms with Crippen LogP contribution in [0.1, 0.15) is 26.7 Å². The molecule has 0 bridgehead atoms. The van der Waals surface area contributed by atoms with Crippen molar-refractivity contribution in [1.29, 1.82) is 0 Å². The van der Waals surface area contributed by atoms with Crippen LogP contribution in [0.25, 0.3) is 0 Å². The summed E-state index contributed by atoms with van der Waals surface area (Å²) in [5.41, 5.74) is 0.432. The van der Waals surface area contributed by atoms with Crippen LogP contribution >= 0.6 is 0 Å². The Morgan fingerprint density at radius 2 is 2.00 bits per heavy atom. The van der Waals surface area contributed by atoms with Gasteiger partial charge >= 0.3 is 11.9 Å². The van der Waals surface area contributed by atoms with Gasteiger partial charge in [-0.2, -0.15) is 0 Å². The molecule has 94 valence electrons. The molecule has 18 heavy (non-hydrogen) atoms. The Morgan fingerprint density at radius 1 is 1.17 bits per heavy atom. The van der Waals surface area contributed by atoms with Gasteiger partial charge in [-0.05, 0) is 18.2 Å². The monoisotopic (exact) mass is 250 g/mol. The smallest absolute Gasteiger partial charge is 0.374 e. The van der Waals surface area contributed by atoms with Gasteiger partial charge < -0.3 is 18.3 Å². The van der Waals surface area contributed by atoms with E-state index in [-0.39, 0.29) is 18.1 Å². The van der Waals surface area contributed by atoms with E-state index in [1.165, 1.54) is 31.8 Å². The summed E-state index contributed by atoms with van der Waals surface area (Å²) in [6, 6.07) is 4.59. The maximum Gasteiger partial charge on any atom is 0.374 e. The van der Waals surface area contributed by atoms with Crippen molar-refractivity contribution in [3.8, 4) is 0 Å². The summed E-state index contributed by atoms with van der Waals surface area (Å²) >= 11 is 0. The summed E-state index contributed by atoms with van der Waals surface area (Å²) in [4.78, 5) is 22.8. The molecule has 0 aliphatic heterocycles. The van der Waals surface area contributed by atoms with Crippen LogP contribution in [0.3, 0.4) is 0 Å². The van der Waals surface area contributed by atoms with Gasteiger partial charge in [0.05, 0.1) is 19.6 Å². The van der Waals surface area contributed by atoms with Gasteiger partial charge in [-0.15, -0.1) is 0 Å². The molecule has 0 radical (unpaired) electrons. The van der Waals surface area contributed by atoms with E-state index in [1.54, 1.807) is 6.07 Å². The third kappa shape index (κ3) is 2.42. The lowest BCUT2D eigenvalue weighted by Gasteiger charge is -2.02. The summed E-state index contributed by atoms with van der Waals surface area (Å²) in [6.07, 6.45) is 2.69. The van der Waals surface area contributed by atoms with E-state index in [4.69, 9.17) is 13.6 Å². The summed E-state index contributed by atoms with van der Waals surface area (Å²) < 4.78 is 19.3. The van der Waals surface area contributed by atoms with E-state index in [0.29, 0.717) is 5.56 Å². The first kappa shape index (κ1) is 12.0. The highest BCUT2D eigenvalue weighted by Gasteiger charge is 2.18. The fourth-order valence-corrected chi connectivity index (χ4v) is 1.33. The Bertz CT molecular complexity index is 537. The molecule has 0 aliphatic rings. The molecule has 6 heteroatoms. The number of carbonyl (C=O) groups is 2. The molecular weight excluding hydrogens is 240 g/mol. The molecule has 0 N–H and O–H groups in total. The van der Waals surface area contributed by atoms with Gasteiger partial charge in [0.1, 0.15) is 6.61 Å². The van der Waals surface area contributed by atoms with Gasteiger partial charge in [-0.3, -0.25) is 0 Å². The zero-order valence-electron chi connectivity index (χ0n) is 9.54. The molecule has 0 saturated heterocycles. The van der Waals surface area contributed by atoms with Gasteiger partial charge in [-0.25, -0.2) is 9.59 Å². The van der Waals surface area contributed by atoms with Crippen molar-refractivity contribution in [2.75, 3.05) is 7.11 Å². The first-order chi connectivity index (χ1) is 8.72. The average molecular weight is 250 g/mol. The van der Waals surface area contributed by atoms with Crippen molar-refractivity contribution < 1.29 is 27.9 Å². The minimum Gasteiger partial charge on any atom is -0.463 e.